The molecular formula is C13H14N4S. The molecule has 0 atom stereocenters. The zero-order chi connectivity index (χ0) is 12.8. The third-order valence-corrected chi connectivity index (χ3v) is 2.66. The van der Waals surface area contributed by atoms with Crippen molar-refractivity contribution in [1.82, 2.24) is 9.97 Å². The van der Waals surface area contributed by atoms with E-state index in [1.165, 1.54) is 5.56 Å². The van der Waals surface area contributed by atoms with Gasteiger partial charge >= 0.3 is 0 Å². The van der Waals surface area contributed by atoms with Crippen LogP contribution in [0.25, 0.3) is 0 Å². The molecule has 1 heterocycles. The Morgan fingerprint density at radius 1 is 1.22 bits per heavy atom. The Hall–Kier alpha value is -2.01. The summed E-state index contributed by atoms with van der Waals surface area (Å²) in [7, 11) is 0. The Labute approximate surface area is 111 Å². The highest BCUT2D eigenvalue weighted by Crippen LogP contribution is 2.15. The molecule has 92 valence electrons. The van der Waals surface area contributed by atoms with Gasteiger partial charge in [-0.15, -0.1) is 0 Å². The average Bonchev–Trinajstić information content (AvgIpc) is 2.40. The Balaban J connectivity index is 2.03. The van der Waals surface area contributed by atoms with Gasteiger partial charge in [-0.25, -0.2) is 4.98 Å². The molecule has 2 aromatic rings. The lowest BCUT2D eigenvalue weighted by atomic mass is 10.1. The third-order valence-electron chi connectivity index (χ3n) is 2.45. The third kappa shape index (κ3) is 3.24. The summed E-state index contributed by atoms with van der Waals surface area (Å²) in [6, 6.07) is 8.08. The highest BCUT2D eigenvalue weighted by molar-refractivity contribution is 7.80. The molecule has 0 aliphatic rings. The number of aryl methyl sites for hydroxylation is 1. The van der Waals surface area contributed by atoms with Crippen molar-refractivity contribution >= 4 is 28.8 Å². The number of hydrogen-bond acceptors (Lipinski definition) is 3. The number of nitrogens with zero attached hydrogens (tertiary/aromatic N) is 2. The Kier molecular flexibility index (Phi) is 4.20. The number of aromatic nitrogens is 2. The maximum absolute atomic E-state index is 5.24. The van der Waals surface area contributed by atoms with Crippen molar-refractivity contribution in [2.45, 2.75) is 13.3 Å². The molecule has 2 N–H and O–H groups in total. The number of anilines is 2. The molecule has 0 amide bonds. The molecule has 0 bridgehead atoms. The number of para-hydroxylation sites is 1. The molecule has 1 aromatic carbocycles. The van der Waals surface area contributed by atoms with Crippen LogP contribution in [0, 0.1) is 0 Å². The Morgan fingerprint density at radius 2 is 2.06 bits per heavy atom. The van der Waals surface area contributed by atoms with Crippen molar-refractivity contribution in [3.8, 4) is 0 Å². The van der Waals surface area contributed by atoms with Gasteiger partial charge in [0.05, 0.1) is 6.20 Å². The van der Waals surface area contributed by atoms with Crippen molar-refractivity contribution in [3.05, 3.63) is 48.4 Å². The minimum absolute atomic E-state index is 0.511. The Bertz CT molecular complexity index is 528. The summed E-state index contributed by atoms with van der Waals surface area (Å²) in [5.41, 5.74) is 2.24. The molecule has 2 rings (SSSR count). The largest absolute Gasteiger partial charge is 0.332 e. The smallest absolute Gasteiger partial charge is 0.176 e. The molecule has 0 aliphatic heterocycles. The van der Waals surface area contributed by atoms with E-state index >= 15 is 0 Å². The summed E-state index contributed by atoms with van der Waals surface area (Å²) in [6.45, 7) is 2.11. The number of benzene rings is 1. The summed E-state index contributed by atoms with van der Waals surface area (Å²) in [5, 5.41) is 6.66. The first kappa shape index (κ1) is 12.4. The van der Waals surface area contributed by atoms with Gasteiger partial charge in [0.25, 0.3) is 0 Å². The van der Waals surface area contributed by atoms with Crippen LogP contribution in [0.3, 0.4) is 0 Å². The van der Waals surface area contributed by atoms with Crippen LogP contribution >= 0.6 is 12.2 Å². The van der Waals surface area contributed by atoms with Gasteiger partial charge < -0.3 is 10.6 Å². The van der Waals surface area contributed by atoms with Gasteiger partial charge in [-0.3, -0.25) is 4.98 Å². The van der Waals surface area contributed by atoms with Gasteiger partial charge in [-0.2, -0.15) is 0 Å². The van der Waals surface area contributed by atoms with E-state index < -0.39 is 0 Å². The van der Waals surface area contributed by atoms with E-state index in [1.54, 1.807) is 18.6 Å². The monoisotopic (exact) mass is 258 g/mol. The van der Waals surface area contributed by atoms with Gasteiger partial charge in [-0.1, -0.05) is 25.1 Å². The van der Waals surface area contributed by atoms with E-state index in [9.17, 15) is 0 Å². The second kappa shape index (κ2) is 6.07. The van der Waals surface area contributed by atoms with Crippen LogP contribution in [-0.2, 0) is 6.42 Å². The zero-order valence-corrected chi connectivity index (χ0v) is 10.9. The molecule has 18 heavy (non-hydrogen) atoms. The fourth-order valence-electron chi connectivity index (χ4n) is 1.58. The van der Waals surface area contributed by atoms with Crippen LogP contribution in [-0.4, -0.2) is 15.1 Å². The average molecular weight is 258 g/mol. The van der Waals surface area contributed by atoms with Crippen LogP contribution in [0.5, 0.6) is 0 Å². The van der Waals surface area contributed by atoms with E-state index in [4.69, 9.17) is 12.2 Å². The molecule has 0 unspecified atom stereocenters. The molecule has 0 radical (unpaired) electrons. The zero-order valence-electron chi connectivity index (χ0n) is 10.1. The predicted molar refractivity (Wildman–Crippen MR) is 77.7 cm³/mol. The van der Waals surface area contributed by atoms with Crippen molar-refractivity contribution in [2.24, 2.45) is 0 Å². The molecule has 0 fully saturated rings. The number of hydrogen-bond donors (Lipinski definition) is 2. The van der Waals surface area contributed by atoms with Gasteiger partial charge in [0.15, 0.2) is 10.9 Å². The molecule has 0 saturated carbocycles. The van der Waals surface area contributed by atoms with Gasteiger partial charge in [0, 0.05) is 18.1 Å². The van der Waals surface area contributed by atoms with E-state index in [0.29, 0.717) is 10.9 Å². The fourth-order valence-corrected chi connectivity index (χ4v) is 1.80. The normalized spacial score (nSPS) is 9.83. The van der Waals surface area contributed by atoms with E-state index in [0.717, 1.165) is 12.1 Å². The first-order chi connectivity index (χ1) is 8.79. The lowest BCUT2D eigenvalue weighted by molar-refractivity contribution is 1.14. The number of rotatable bonds is 3. The maximum Gasteiger partial charge on any atom is 0.176 e. The molecule has 5 heteroatoms. The topological polar surface area (TPSA) is 49.8 Å². The first-order valence-electron chi connectivity index (χ1n) is 5.71. The van der Waals surface area contributed by atoms with E-state index in [1.807, 2.05) is 18.2 Å². The van der Waals surface area contributed by atoms with Gasteiger partial charge in [-0.05, 0) is 30.3 Å². The van der Waals surface area contributed by atoms with E-state index in [2.05, 4.69) is 33.6 Å². The minimum Gasteiger partial charge on any atom is -0.332 e. The highest BCUT2D eigenvalue weighted by atomic mass is 32.1. The van der Waals surface area contributed by atoms with Crippen LogP contribution < -0.4 is 10.6 Å². The van der Waals surface area contributed by atoms with Crippen molar-refractivity contribution in [1.29, 1.82) is 0 Å². The SMILES string of the molecule is CCc1ccccc1NC(=S)Nc1cnccn1. The van der Waals surface area contributed by atoms with Gasteiger partial charge in [0.1, 0.15) is 0 Å². The predicted octanol–water partition coefficient (Wildman–Crippen LogP) is 2.85. The van der Waals surface area contributed by atoms with Crippen molar-refractivity contribution in [2.75, 3.05) is 10.6 Å². The second-order valence-electron chi connectivity index (χ2n) is 3.68. The molecule has 4 nitrogen and oxygen atoms in total. The summed E-state index contributed by atoms with van der Waals surface area (Å²) in [4.78, 5) is 8.07. The van der Waals surface area contributed by atoms with Gasteiger partial charge in [0.2, 0.25) is 0 Å². The first-order valence-corrected chi connectivity index (χ1v) is 6.12. The minimum atomic E-state index is 0.511. The Morgan fingerprint density at radius 3 is 2.78 bits per heavy atom. The summed E-state index contributed by atoms with van der Waals surface area (Å²) in [5.74, 6) is 0.629. The molecule has 0 aliphatic carbocycles. The standard InChI is InChI=1S/C13H14N4S/c1-2-10-5-3-4-6-11(10)16-13(18)17-12-9-14-7-8-15-12/h3-9H,2H2,1H3,(H2,15,16,17,18). The lowest BCUT2D eigenvalue weighted by Gasteiger charge is -2.12. The van der Waals surface area contributed by atoms with E-state index in [-0.39, 0.29) is 0 Å². The number of thiocarbonyl (C=S) groups is 1. The quantitative estimate of drug-likeness (QED) is 0.829. The highest BCUT2D eigenvalue weighted by Gasteiger charge is 2.02. The van der Waals surface area contributed by atoms with Crippen LogP contribution in [0.2, 0.25) is 0 Å². The van der Waals surface area contributed by atoms with Crippen LogP contribution in [0.1, 0.15) is 12.5 Å². The molecule has 0 spiro atoms. The lowest BCUT2D eigenvalue weighted by Crippen LogP contribution is -2.20. The molecule has 1 aromatic heterocycles. The van der Waals surface area contributed by atoms with Crippen LogP contribution in [0.15, 0.2) is 42.9 Å². The van der Waals surface area contributed by atoms with Crippen molar-refractivity contribution in [3.63, 3.8) is 0 Å². The summed E-state index contributed by atoms with van der Waals surface area (Å²) in [6.07, 6.45) is 5.82. The maximum atomic E-state index is 5.24. The second-order valence-corrected chi connectivity index (χ2v) is 4.09. The molecular weight excluding hydrogens is 244 g/mol. The number of nitrogens with one attached hydrogen (secondary N) is 2. The summed E-state index contributed by atoms with van der Waals surface area (Å²) < 4.78 is 0. The fraction of sp³-hybridized carbons (Fsp3) is 0.154. The van der Waals surface area contributed by atoms with Crippen molar-refractivity contribution < 1.29 is 0 Å². The summed E-state index contributed by atoms with van der Waals surface area (Å²) >= 11 is 5.24. The molecule has 0 saturated heterocycles. The van der Waals surface area contributed by atoms with Crippen LogP contribution in [0.4, 0.5) is 11.5 Å².